The summed E-state index contributed by atoms with van der Waals surface area (Å²) in [6, 6.07) is 14.2. The van der Waals surface area contributed by atoms with Crippen LogP contribution in [-0.2, 0) is 19.8 Å². The summed E-state index contributed by atoms with van der Waals surface area (Å²) in [5, 5.41) is 0. The Balaban J connectivity index is 2.65. The largest absolute Gasteiger partial charge is 0.423 e. The molecule has 2 rings (SSSR count). The molecule has 0 aromatic heterocycles. The predicted octanol–water partition coefficient (Wildman–Crippen LogP) is 4.93. The van der Waals surface area contributed by atoms with Crippen LogP contribution in [0.15, 0.2) is 72.8 Å². The van der Waals surface area contributed by atoms with E-state index in [4.69, 9.17) is 9.47 Å². The molecule has 0 unspecified atom stereocenters. The molecule has 0 fully saturated rings. The van der Waals surface area contributed by atoms with Crippen molar-refractivity contribution in [1.82, 2.24) is 0 Å². The lowest BCUT2D eigenvalue weighted by Crippen LogP contribution is -2.27. The van der Waals surface area contributed by atoms with Crippen molar-refractivity contribution in [2.75, 3.05) is 0 Å². The van der Waals surface area contributed by atoms with Crippen molar-refractivity contribution >= 4 is 18.2 Å². The Morgan fingerprint density at radius 2 is 1.27 bits per heavy atom. The molecule has 0 aliphatic carbocycles. The van der Waals surface area contributed by atoms with Crippen molar-refractivity contribution in [2.45, 2.75) is 39.0 Å². The van der Waals surface area contributed by atoms with Crippen LogP contribution >= 0.6 is 0 Å². The van der Waals surface area contributed by atoms with Gasteiger partial charge in [-0.15, -0.1) is 0 Å². The summed E-state index contributed by atoms with van der Waals surface area (Å²) in [6.07, 6.45) is 1.52. The van der Waals surface area contributed by atoms with E-state index in [-0.39, 0.29) is 17.6 Å². The molecule has 156 valence electrons. The van der Waals surface area contributed by atoms with Gasteiger partial charge in [0.25, 0.3) is 0 Å². The zero-order valence-corrected chi connectivity index (χ0v) is 17.6. The molecule has 30 heavy (non-hydrogen) atoms. The van der Waals surface area contributed by atoms with Gasteiger partial charge in [-0.3, -0.25) is 0 Å². The highest BCUT2D eigenvalue weighted by atomic mass is 16.5. The highest BCUT2D eigenvalue weighted by Crippen LogP contribution is 2.44. The summed E-state index contributed by atoms with van der Waals surface area (Å²) in [4.78, 5) is 35.6. The molecule has 2 aromatic rings. The number of hydrogen-bond acceptors (Lipinski definition) is 5. The lowest BCUT2D eigenvalue weighted by molar-refractivity contribution is -0.130. The number of carbonyl (C=O) groups excluding carboxylic acids is 3. The maximum Gasteiger partial charge on any atom is 0.338 e. The summed E-state index contributed by atoms with van der Waals surface area (Å²) in [7, 11) is 0. The van der Waals surface area contributed by atoms with E-state index < -0.39 is 17.4 Å². The van der Waals surface area contributed by atoms with Gasteiger partial charge in [-0.05, 0) is 32.4 Å². The number of benzene rings is 2. The second-order valence-electron chi connectivity index (χ2n) is 7.37. The Hall–Kier alpha value is -3.47. The maximum absolute atomic E-state index is 12.2. The zero-order chi connectivity index (χ0) is 22.3. The van der Waals surface area contributed by atoms with Crippen molar-refractivity contribution in [1.29, 1.82) is 0 Å². The molecule has 0 amide bonds. The van der Waals surface area contributed by atoms with Crippen molar-refractivity contribution < 1.29 is 23.9 Å². The number of rotatable bonds is 9. The van der Waals surface area contributed by atoms with Crippen LogP contribution in [0.3, 0.4) is 0 Å². The Morgan fingerprint density at radius 1 is 0.867 bits per heavy atom. The fourth-order valence-corrected chi connectivity index (χ4v) is 3.16. The second-order valence-corrected chi connectivity index (χ2v) is 7.37. The van der Waals surface area contributed by atoms with E-state index in [1.807, 2.05) is 31.2 Å². The monoisotopic (exact) mass is 406 g/mol. The number of ether oxygens (including phenoxy) is 2. The molecule has 0 saturated heterocycles. The minimum atomic E-state index is -0.779. The van der Waals surface area contributed by atoms with Crippen LogP contribution in [0.5, 0.6) is 11.5 Å². The van der Waals surface area contributed by atoms with Crippen molar-refractivity contribution in [3.05, 3.63) is 84.0 Å². The quantitative estimate of drug-likeness (QED) is 0.255. The summed E-state index contributed by atoms with van der Waals surface area (Å²) in [5.41, 5.74) is 1.16. The normalized spacial score (nSPS) is 10.8. The lowest BCUT2D eigenvalue weighted by atomic mass is 9.72. The maximum atomic E-state index is 12.2. The van der Waals surface area contributed by atoms with E-state index in [0.717, 1.165) is 6.29 Å². The SMILES string of the molecule is C=C(C)C(=O)Oc1ccccc1C(C)(CCC=O)c1ccccc1OC(=O)C(=C)C. The molecule has 0 N–H and O–H groups in total. The van der Waals surface area contributed by atoms with Gasteiger partial charge in [-0.1, -0.05) is 56.5 Å². The molecular formula is C25H26O5. The predicted molar refractivity (Wildman–Crippen MR) is 116 cm³/mol. The topological polar surface area (TPSA) is 69.7 Å². The van der Waals surface area contributed by atoms with Gasteiger partial charge in [0.15, 0.2) is 0 Å². The van der Waals surface area contributed by atoms with Crippen LogP contribution < -0.4 is 9.47 Å². The van der Waals surface area contributed by atoms with Crippen LogP contribution in [0.4, 0.5) is 0 Å². The fourth-order valence-electron chi connectivity index (χ4n) is 3.16. The molecule has 0 aliphatic heterocycles. The lowest BCUT2D eigenvalue weighted by Gasteiger charge is -2.33. The first-order valence-corrected chi connectivity index (χ1v) is 9.58. The van der Waals surface area contributed by atoms with Gasteiger partial charge < -0.3 is 14.3 Å². The molecule has 2 aromatic carbocycles. The summed E-state index contributed by atoms with van der Waals surface area (Å²) in [6.45, 7) is 12.3. The first-order chi connectivity index (χ1) is 14.2. The second kappa shape index (κ2) is 9.83. The number of aldehydes is 1. The number of esters is 2. The molecular weight excluding hydrogens is 380 g/mol. The van der Waals surface area contributed by atoms with E-state index in [1.165, 1.54) is 0 Å². The Labute approximate surface area is 177 Å². The molecule has 0 atom stereocenters. The highest BCUT2D eigenvalue weighted by Gasteiger charge is 2.35. The molecule has 0 spiro atoms. The van der Waals surface area contributed by atoms with Gasteiger partial charge in [0.2, 0.25) is 0 Å². The van der Waals surface area contributed by atoms with E-state index in [0.29, 0.717) is 29.0 Å². The first-order valence-electron chi connectivity index (χ1n) is 9.58. The van der Waals surface area contributed by atoms with Gasteiger partial charge in [0, 0.05) is 34.1 Å². The number of carbonyl (C=O) groups is 3. The Kier molecular flexibility index (Phi) is 7.48. The van der Waals surface area contributed by atoms with Crippen LogP contribution in [0.1, 0.15) is 44.7 Å². The molecule has 5 heteroatoms. The number of para-hydroxylation sites is 2. The average Bonchev–Trinajstić information content (AvgIpc) is 2.72. The van der Waals surface area contributed by atoms with Crippen molar-refractivity contribution in [3.63, 3.8) is 0 Å². The summed E-state index contributed by atoms with van der Waals surface area (Å²) < 4.78 is 11.1. The third-order valence-electron chi connectivity index (χ3n) is 4.83. The Morgan fingerprint density at radius 3 is 1.63 bits per heavy atom. The third kappa shape index (κ3) is 5.11. The van der Waals surface area contributed by atoms with E-state index >= 15 is 0 Å². The third-order valence-corrected chi connectivity index (χ3v) is 4.83. The standard InChI is InChI=1S/C25H26O5/c1-17(2)23(27)29-21-13-8-6-11-19(21)25(5,15-10-16-26)20-12-7-9-14-22(20)30-24(28)18(3)4/h6-9,11-14,16H,1,3,10,15H2,2,4-5H3. The van der Waals surface area contributed by atoms with Gasteiger partial charge in [0.1, 0.15) is 17.8 Å². The van der Waals surface area contributed by atoms with E-state index in [1.54, 1.807) is 38.1 Å². The fraction of sp³-hybridized carbons (Fsp3) is 0.240. The minimum absolute atomic E-state index is 0.266. The molecule has 0 bridgehead atoms. The molecule has 0 radical (unpaired) electrons. The molecule has 0 saturated carbocycles. The van der Waals surface area contributed by atoms with E-state index in [9.17, 15) is 14.4 Å². The highest BCUT2D eigenvalue weighted by molar-refractivity contribution is 5.89. The van der Waals surface area contributed by atoms with Crippen molar-refractivity contribution in [3.8, 4) is 11.5 Å². The molecule has 5 nitrogen and oxygen atoms in total. The summed E-state index contributed by atoms with van der Waals surface area (Å²) in [5.74, 6) is -0.357. The molecule has 0 aliphatic rings. The van der Waals surface area contributed by atoms with E-state index in [2.05, 4.69) is 13.2 Å². The first kappa shape index (κ1) is 22.8. The van der Waals surface area contributed by atoms with Crippen LogP contribution in [-0.4, -0.2) is 18.2 Å². The summed E-state index contributed by atoms with van der Waals surface area (Å²) >= 11 is 0. The van der Waals surface area contributed by atoms with Gasteiger partial charge in [0.05, 0.1) is 0 Å². The van der Waals surface area contributed by atoms with Crippen LogP contribution in [0, 0.1) is 0 Å². The van der Waals surface area contributed by atoms with Gasteiger partial charge in [-0.25, -0.2) is 9.59 Å². The van der Waals surface area contributed by atoms with Crippen LogP contribution in [0.2, 0.25) is 0 Å². The van der Waals surface area contributed by atoms with Crippen LogP contribution in [0.25, 0.3) is 0 Å². The minimum Gasteiger partial charge on any atom is -0.423 e. The average molecular weight is 406 g/mol. The van der Waals surface area contributed by atoms with Gasteiger partial charge >= 0.3 is 11.9 Å². The molecule has 0 heterocycles. The number of hydrogen-bond donors (Lipinski definition) is 0. The smallest absolute Gasteiger partial charge is 0.338 e. The zero-order valence-electron chi connectivity index (χ0n) is 17.6. The Bertz CT molecular complexity index is 915. The van der Waals surface area contributed by atoms with Gasteiger partial charge in [-0.2, -0.15) is 0 Å². The van der Waals surface area contributed by atoms with Crippen molar-refractivity contribution in [2.24, 2.45) is 0 Å².